The molecule has 2 rings (SSSR count). The van der Waals surface area contributed by atoms with Crippen LogP contribution in [-0.4, -0.2) is 63.5 Å². The second kappa shape index (κ2) is 21.2. The summed E-state index contributed by atoms with van der Waals surface area (Å²) in [6, 6.07) is 4.05. The molecule has 0 fully saturated rings. The number of allylic oxidation sites excluding steroid dienone is 6. The van der Waals surface area contributed by atoms with E-state index in [2.05, 4.69) is 73.2 Å². The molecule has 1 aromatic carbocycles. The van der Waals surface area contributed by atoms with Gasteiger partial charge in [-0.15, -0.1) is 0 Å². The molecule has 0 aliphatic carbocycles. The Kier molecular flexibility index (Phi) is 19.4. The first kappa shape index (κ1) is 39.5. The van der Waals surface area contributed by atoms with Gasteiger partial charge in [0.2, 0.25) is 0 Å². The number of hydrogen-bond donors (Lipinski definition) is 3. The van der Waals surface area contributed by atoms with Gasteiger partial charge in [-0.05, 0) is 111 Å². The minimum atomic E-state index is 0.0432. The smallest absolute Gasteiger partial charge is 0.253 e. The Morgan fingerprint density at radius 1 is 1.05 bits per heavy atom. The SMILES string of the molecule is CC.CC.CN\C=C/C(=C(C)/C=C(\C)CN1CC=C(c2c(C)cc(C(=O)N(C)C)cc2C)CC1)C(/C)=C(\C=C/ON)NC. The third-order valence-electron chi connectivity index (χ3n) is 6.97. The van der Waals surface area contributed by atoms with Crippen molar-refractivity contribution < 1.29 is 9.63 Å². The molecule has 0 aromatic heterocycles. The van der Waals surface area contributed by atoms with Crippen LogP contribution in [0.4, 0.5) is 0 Å². The topological polar surface area (TPSA) is 82.9 Å². The van der Waals surface area contributed by atoms with Gasteiger partial charge in [-0.25, -0.2) is 0 Å². The van der Waals surface area contributed by atoms with E-state index in [4.69, 9.17) is 5.90 Å². The van der Waals surface area contributed by atoms with Crippen LogP contribution in [0.5, 0.6) is 0 Å². The van der Waals surface area contributed by atoms with Crippen LogP contribution in [0.15, 0.2) is 76.9 Å². The zero-order valence-electron chi connectivity index (χ0n) is 29.2. The van der Waals surface area contributed by atoms with E-state index in [-0.39, 0.29) is 5.91 Å². The molecule has 0 radical (unpaired) electrons. The maximum atomic E-state index is 12.5. The van der Waals surface area contributed by atoms with Gasteiger partial charge in [-0.1, -0.05) is 45.4 Å². The van der Waals surface area contributed by atoms with E-state index in [0.29, 0.717) is 0 Å². The van der Waals surface area contributed by atoms with Gasteiger partial charge < -0.3 is 20.4 Å². The normalized spacial score (nSPS) is 14.9. The average Bonchev–Trinajstić information content (AvgIpc) is 2.99. The van der Waals surface area contributed by atoms with Crippen LogP contribution in [0.25, 0.3) is 5.57 Å². The summed E-state index contributed by atoms with van der Waals surface area (Å²) in [6.45, 7) is 21.4. The minimum Gasteiger partial charge on any atom is -0.419 e. The lowest BCUT2D eigenvalue weighted by Gasteiger charge is -2.28. The van der Waals surface area contributed by atoms with Gasteiger partial charge in [0.1, 0.15) is 6.26 Å². The van der Waals surface area contributed by atoms with E-state index in [1.165, 1.54) is 28.5 Å². The number of carbonyl (C=O) groups is 1. The molecule has 4 N–H and O–H groups in total. The Morgan fingerprint density at radius 2 is 1.65 bits per heavy atom. The highest BCUT2D eigenvalue weighted by Gasteiger charge is 2.18. The highest BCUT2D eigenvalue weighted by molar-refractivity contribution is 5.95. The number of amides is 1. The second-order valence-electron chi connectivity index (χ2n) is 10.3. The summed E-state index contributed by atoms with van der Waals surface area (Å²) < 4.78 is 0. The lowest BCUT2D eigenvalue weighted by Crippen LogP contribution is -2.30. The van der Waals surface area contributed by atoms with E-state index >= 15 is 0 Å². The van der Waals surface area contributed by atoms with Crippen molar-refractivity contribution in [3.05, 3.63) is 99.1 Å². The summed E-state index contributed by atoms with van der Waals surface area (Å²) in [5, 5.41) is 6.31. The molecule has 7 nitrogen and oxygen atoms in total. The molecule has 0 saturated carbocycles. The van der Waals surface area contributed by atoms with Crippen molar-refractivity contribution >= 4 is 11.5 Å². The molecule has 1 aliphatic rings. The fraction of sp³-hybridized carbons (Fsp3) is 0.472. The van der Waals surface area contributed by atoms with Crippen molar-refractivity contribution in [1.82, 2.24) is 20.4 Å². The first-order valence-electron chi connectivity index (χ1n) is 15.4. The van der Waals surface area contributed by atoms with Gasteiger partial charge in [0.05, 0.1) is 0 Å². The number of likely N-dealkylation sites (N-methyl/N-ethyl adjacent to an activating group) is 1. The minimum absolute atomic E-state index is 0.0432. The third-order valence-corrected chi connectivity index (χ3v) is 6.97. The predicted molar refractivity (Wildman–Crippen MR) is 186 cm³/mol. The quantitative estimate of drug-likeness (QED) is 0.145. The van der Waals surface area contributed by atoms with Crippen molar-refractivity contribution in [3.63, 3.8) is 0 Å². The number of carbonyl (C=O) groups excluding carboxylic acids is 1. The Hall–Kier alpha value is -3.55. The summed E-state index contributed by atoms with van der Waals surface area (Å²) >= 11 is 0. The Labute approximate surface area is 262 Å². The zero-order chi connectivity index (χ0) is 33.1. The Bertz CT molecular complexity index is 1190. The van der Waals surface area contributed by atoms with Crippen molar-refractivity contribution in [3.8, 4) is 0 Å². The largest absolute Gasteiger partial charge is 0.419 e. The number of nitrogens with two attached hydrogens (primary N) is 1. The zero-order valence-corrected chi connectivity index (χ0v) is 29.2. The lowest BCUT2D eigenvalue weighted by atomic mass is 9.90. The summed E-state index contributed by atoms with van der Waals surface area (Å²) in [7, 11) is 7.36. The summed E-state index contributed by atoms with van der Waals surface area (Å²) in [6.07, 6.45) is 12.9. The fourth-order valence-electron chi connectivity index (χ4n) is 5.15. The molecule has 1 aromatic rings. The average molecular weight is 594 g/mol. The van der Waals surface area contributed by atoms with Crippen LogP contribution in [0.2, 0.25) is 0 Å². The molecule has 1 aliphatic heterocycles. The van der Waals surface area contributed by atoms with Crippen molar-refractivity contribution in [2.45, 2.75) is 68.7 Å². The van der Waals surface area contributed by atoms with Crippen LogP contribution in [0.1, 0.15) is 81.9 Å². The van der Waals surface area contributed by atoms with E-state index in [1.807, 2.05) is 66.2 Å². The van der Waals surface area contributed by atoms with Crippen molar-refractivity contribution in [2.24, 2.45) is 5.90 Å². The van der Waals surface area contributed by atoms with Crippen molar-refractivity contribution in [2.75, 3.05) is 47.8 Å². The number of nitrogens with one attached hydrogen (secondary N) is 2. The van der Waals surface area contributed by atoms with Crippen LogP contribution in [0.3, 0.4) is 0 Å². The molecular formula is C36H59N5O2. The monoisotopic (exact) mass is 593 g/mol. The van der Waals surface area contributed by atoms with Crippen LogP contribution in [-0.2, 0) is 4.84 Å². The number of rotatable bonds is 11. The Morgan fingerprint density at radius 3 is 2.12 bits per heavy atom. The van der Waals surface area contributed by atoms with Crippen molar-refractivity contribution in [1.29, 1.82) is 0 Å². The molecule has 1 heterocycles. The maximum Gasteiger partial charge on any atom is 0.253 e. The highest BCUT2D eigenvalue weighted by Crippen LogP contribution is 2.30. The van der Waals surface area contributed by atoms with Gasteiger partial charge >= 0.3 is 0 Å². The van der Waals surface area contributed by atoms with E-state index in [9.17, 15) is 4.79 Å². The third kappa shape index (κ3) is 12.3. The van der Waals surface area contributed by atoms with Gasteiger partial charge in [0, 0.05) is 59.1 Å². The molecule has 0 spiro atoms. The molecule has 0 unspecified atom stereocenters. The molecule has 1 amide bonds. The molecule has 0 bridgehead atoms. The molecule has 7 heteroatoms. The van der Waals surface area contributed by atoms with E-state index < -0.39 is 0 Å². The van der Waals surface area contributed by atoms with E-state index in [0.717, 1.165) is 59.6 Å². The number of aryl methyl sites for hydroxylation is 2. The number of benzene rings is 1. The number of hydrogen-bond acceptors (Lipinski definition) is 6. The van der Waals surface area contributed by atoms with Gasteiger partial charge in [0.25, 0.3) is 5.91 Å². The first-order chi connectivity index (χ1) is 20.5. The predicted octanol–water partition coefficient (Wildman–Crippen LogP) is 7.04. The molecule has 240 valence electrons. The summed E-state index contributed by atoms with van der Waals surface area (Å²) in [5.41, 5.74) is 11.4. The lowest BCUT2D eigenvalue weighted by molar-refractivity contribution is 0.0827. The fourth-order valence-corrected chi connectivity index (χ4v) is 5.15. The van der Waals surface area contributed by atoms with Crippen LogP contribution >= 0.6 is 0 Å². The first-order valence-corrected chi connectivity index (χ1v) is 15.4. The van der Waals surface area contributed by atoms with Gasteiger partial charge in [-0.3, -0.25) is 9.69 Å². The molecular weight excluding hydrogens is 534 g/mol. The molecule has 43 heavy (non-hydrogen) atoms. The van der Waals surface area contributed by atoms with E-state index in [1.54, 1.807) is 19.0 Å². The summed E-state index contributed by atoms with van der Waals surface area (Å²) in [5.74, 6) is 5.22. The van der Waals surface area contributed by atoms with Gasteiger partial charge in [0.15, 0.2) is 0 Å². The molecule has 0 saturated heterocycles. The standard InChI is InChI=1S/C32H47N5O2.2C2H6/c1-22(18-23(2)29(10-14-34-6)26(5)30(35-7)13-17-39-33)21-37-15-11-27(12-16-37)31-24(3)19-28(20-25(31)4)32(38)36(8)9;2*1-2/h10-11,13-14,17-20,34-35H,12,15-16,21,33H2,1-9H3;2*1-2H3/b14-10-,17-13-,22-18+,29-23-,30-26+;;. The van der Waals surface area contributed by atoms with Gasteiger partial charge in [-0.2, -0.15) is 5.90 Å². The number of nitrogens with zero attached hydrogens (tertiary/aromatic N) is 2. The van der Waals surface area contributed by atoms with Crippen LogP contribution < -0.4 is 16.5 Å². The second-order valence-corrected chi connectivity index (χ2v) is 10.3. The molecule has 0 atom stereocenters. The Balaban J connectivity index is 0.00000422. The summed E-state index contributed by atoms with van der Waals surface area (Å²) in [4.78, 5) is 21.2. The highest BCUT2D eigenvalue weighted by atomic mass is 16.6. The van der Waals surface area contributed by atoms with Crippen LogP contribution in [0, 0.1) is 13.8 Å². The maximum absolute atomic E-state index is 12.5.